The van der Waals surface area contributed by atoms with E-state index in [0.717, 1.165) is 6.07 Å². The van der Waals surface area contributed by atoms with E-state index in [1.807, 2.05) is 0 Å². The number of carboxylic acids is 1. The SMILES string of the molecule is Nc1cc(C(=O)O)cc(F)c1N1CCOCC1. The molecule has 0 amide bonds. The Labute approximate surface area is 97.6 Å². The number of halogens is 1. The van der Waals surface area contributed by atoms with Crippen LogP contribution in [0.15, 0.2) is 12.1 Å². The first-order valence-corrected chi connectivity index (χ1v) is 5.24. The standard InChI is InChI=1S/C11H13FN2O3/c12-8-5-7(11(15)16)6-9(13)10(8)14-1-3-17-4-2-14/h5-6H,1-4,13H2,(H,15,16). The van der Waals surface area contributed by atoms with Crippen molar-refractivity contribution in [2.45, 2.75) is 0 Å². The van der Waals surface area contributed by atoms with Crippen molar-refractivity contribution in [2.24, 2.45) is 0 Å². The fraction of sp³-hybridized carbons (Fsp3) is 0.364. The van der Waals surface area contributed by atoms with Gasteiger partial charge in [-0.05, 0) is 12.1 Å². The lowest BCUT2D eigenvalue weighted by Gasteiger charge is -2.30. The summed E-state index contributed by atoms with van der Waals surface area (Å²) in [7, 11) is 0. The fourth-order valence-electron chi connectivity index (χ4n) is 1.86. The van der Waals surface area contributed by atoms with Crippen LogP contribution in [0.5, 0.6) is 0 Å². The lowest BCUT2D eigenvalue weighted by Crippen LogP contribution is -2.37. The Hall–Kier alpha value is -1.82. The number of nitrogen functional groups attached to an aromatic ring is 1. The van der Waals surface area contributed by atoms with Gasteiger partial charge in [-0.2, -0.15) is 0 Å². The van der Waals surface area contributed by atoms with Gasteiger partial charge < -0.3 is 20.5 Å². The maximum atomic E-state index is 13.8. The number of carbonyl (C=O) groups is 1. The quantitative estimate of drug-likeness (QED) is 0.752. The van der Waals surface area contributed by atoms with Gasteiger partial charge in [0.05, 0.1) is 30.2 Å². The van der Waals surface area contributed by atoms with Crippen LogP contribution in [0.3, 0.4) is 0 Å². The van der Waals surface area contributed by atoms with Gasteiger partial charge in [-0.15, -0.1) is 0 Å². The highest BCUT2D eigenvalue weighted by atomic mass is 19.1. The first-order chi connectivity index (χ1) is 8.09. The third-order valence-electron chi connectivity index (χ3n) is 2.67. The smallest absolute Gasteiger partial charge is 0.335 e. The molecule has 2 rings (SSSR count). The van der Waals surface area contributed by atoms with E-state index < -0.39 is 11.8 Å². The highest BCUT2D eigenvalue weighted by molar-refractivity contribution is 5.90. The van der Waals surface area contributed by atoms with Gasteiger partial charge in [0.15, 0.2) is 0 Å². The molecule has 0 aliphatic carbocycles. The largest absolute Gasteiger partial charge is 0.478 e. The van der Waals surface area contributed by atoms with Crippen LogP contribution in [0.4, 0.5) is 15.8 Å². The molecule has 17 heavy (non-hydrogen) atoms. The second kappa shape index (κ2) is 4.58. The Bertz CT molecular complexity index is 421. The molecule has 6 heteroatoms. The Balaban J connectivity index is 2.37. The number of ether oxygens (including phenoxy) is 1. The number of benzene rings is 1. The topological polar surface area (TPSA) is 75.8 Å². The summed E-state index contributed by atoms with van der Waals surface area (Å²) in [5, 5.41) is 8.78. The monoisotopic (exact) mass is 240 g/mol. The van der Waals surface area contributed by atoms with Crippen LogP contribution >= 0.6 is 0 Å². The van der Waals surface area contributed by atoms with Crippen LogP contribution in [0, 0.1) is 5.82 Å². The van der Waals surface area contributed by atoms with Crippen molar-refractivity contribution in [1.82, 2.24) is 0 Å². The Morgan fingerprint density at radius 1 is 1.41 bits per heavy atom. The predicted molar refractivity (Wildman–Crippen MR) is 60.8 cm³/mol. The van der Waals surface area contributed by atoms with Crippen molar-refractivity contribution in [3.8, 4) is 0 Å². The number of rotatable bonds is 2. The maximum absolute atomic E-state index is 13.8. The van der Waals surface area contributed by atoms with Crippen LogP contribution in [0.1, 0.15) is 10.4 Å². The van der Waals surface area contributed by atoms with Crippen LogP contribution in [-0.4, -0.2) is 37.4 Å². The van der Waals surface area contributed by atoms with E-state index in [1.54, 1.807) is 4.90 Å². The van der Waals surface area contributed by atoms with Gasteiger partial charge in [-0.3, -0.25) is 0 Å². The number of aromatic carboxylic acids is 1. The Kier molecular flexibility index (Phi) is 3.14. The first-order valence-electron chi connectivity index (χ1n) is 5.24. The molecule has 1 aliphatic heterocycles. The molecule has 0 bridgehead atoms. The average Bonchev–Trinajstić information content (AvgIpc) is 2.29. The van der Waals surface area contributed by atoms with E-state index in [0.29, 0.717) is 26.3 Å². The summed E-state index contributed by atoms with van der Waals surface area (Å²) in [4.78, 5) is 12.5. The van der Waals surface area contributed by atoms with Gasteiger partial charge in [-0.25, -0.2) is 9.18 Å². The van der Waals surface area contributed by atoms with Crippen LogP contribution in [0.25, 0.3) is 0 Å². The Morgan fingerprint density at radius 3 is 2.59 bits per heavy atom. The summed E-state index contributed by atoms with van der Waals surface area (Å²) >= 11 is 0. The minimum atomic E-state index is -1.19. The van der Waals surface area contributed by atoms with Gasteiger partial charge >= 0.3 is 5.97 Å². The summed E-state index contributed by atoms with van der Waals surface area (Å²) in [6, 6.07) is 2.26. The van der Waals surface area contributed by atoms with E-state index in [9.17, 15) is 9.18 Å². The second-order valence-electron chi connectivity index (χ2n) is 3.80. The number of carboxylic acid groups (broad SMARTS) is 1. The lowest BCUT2D eigenvalue weighted by atomic mass is 10.1. The third kappa shape index (κ3) is 2.31. The molecule has 1 heterocycles. The molecule has 0 unspecified atom stereocenters. The molecule has 0 atom stereocenters. The van der Waals surface area contributed by atoms with Gasteiger partial charge in [0.2, 0.25) is 0 Å². The van der Waals surface area contributed by atoms with Crippen molar-refractivity contribution < 1.29 is 19.0 Å². The highest BCUT2D eigenvalue weighted by Gasteiger charge is 2.20. The third-order valence-corrected chi connectivity index (χ3v) is 2.67. The van der Waals surface area contributed by atoms with E-state index in [1.165, 1.54) is 6.07 Å². The van der Waals surface area contributed by atoms with E-state index in [4.69, 9.17) is 15.6 Å². The summed E-state index contributed by atoms with van der Waals surface area (Å²) in [5.74, 6) is -1.80. The molecule has 1 aliphatic rings. The van der Waals surface area contributed by atoms with Crippen LogP contribution in [-0.2, 0) is 4.74 Å². The van der Waals surface area contributed by atoms with E-state index >= 15 is 0 Å². The minimum Gasteiger partial charge on any atom is -0.478 e. The molecular formula is C11H13FN2O3. The summed E-state index contributed by atoms with van der Waals surface area (Å²) in [6.07, 6.45) is 0. The molecule has 92 valence electrons. The molecule has 1 aromatic carbocycles. The molecule has 0 saturated carbocycles. The minimum absolute atomic E-state index is 0.142. The number of hydrogen-bond donors (Lipinski definition) is 2. The van der Waals surface area contributed by atoms with Crippen molar-refractivity contribution in [2.75, 3.05) is 36.9 Å². The molecule has 0 spiro atoms. The second-order valence-corrected chi connectivity index (χ2v) is 3.80. The predicted octanol–water partition coefficient (Wildman–Crippen LogP) is 0.943. The molecule has 5 nitrogen and oxygen atoms in total. The first kappa shape index (κ1) is 11.7. The highest BCUT2D eigenvalue weighted by Crippen LogP contribution is 2.29. The normalized spacial score (nSPS) is 15.9. The number of morpholine rings is 1. The lowest BCUT2D eigenvalue weighted by molar-refractivity contribution is 0.0696. The summed E-state index contributed by atoms with van der Waals surface area (Å²) in [6.45, 7) is 2.13. The maximum Gasteiger partial charge on any atom is 0.335 e. The summed E-state index contributed by atoms with van der Waals surface area (Å²) in [5.41, 5.74) is 5.97. The molecule has 0 aromatic heterocycles. The number of hydrogen-bond acceptors (Lipinski definition) is 4. The van der Waals surface area contributed by atoms with E-state index in [2.05, 4.69) is 0 Å². The van der Waals surface area contributed by atoms with Crippen LogP contribution < -0.4 is 10.6 Å². The molecule has 0 radical (unpaired) electrons. The molecule has 1 aromatic rings. The zero-order valence-corrected chi connectivity index (χ0v) is 9.15. The molecule has 1 fully saturated rings. The number of nitrogens with zero attached hydrogens (tertiary/aromatic N) is 1. The molecule has 3 N–H and O–H groups in total. The average molecular weight is 240 g/mol. The van der Waals surface area contributed by atoms with Crippen molar-refractivity contribution in [3.63, 3.8) is 0 Å². The van der Waals surface area contributed by atoms with Crippen molar-refractivity contribution >= 4 is 17.3 Å². The van der Waals surface area contributed by atoms with Crippen molar-refractivity contribution in [3.05, 3.63) is 23.5 Å². The van der Waals surface area contributed by atoms with Gasteiger partial charge in [-0.1, -0.05) is 0 Å². The fourth-order valence-corrected chi connectivity index (χ4v) is 1.86. The number of nitrogens with two attached hydrogens (primary N) is 1. The zero-order chi connectivity index (χ0) is 12.4. The molecular weight excluding hydrogens is 227 g/mol. The Morgan fingerprint density at radius 2 is 2.06 bits per heavy atom. The van der Waals surface area contributed by atoms with Crippen LogP contribution in [0.2, 0.25) is 0 Å². The van der Waals surface area contributed by atoms with Crippen molar-refractivity contribution in [1.29, 1.82) is 0 Å². The van der Waals surface area contributed by atoms with Gasteiger partial charge in [0, 0.05) is 13.1 Å². The zero-order valence-electron chi connectivity index (χ0n) is 9.15. The summed E-state index contributed by atoms with van der Waals surface area (Å²) < 4.78 is 19.0. The van der Waals surface area contributed by atoms with Gasteiger partial charge in [0.1, 0.15) is 5.82 Å². The van der Waals surface area contributed by atoms with Gasteiger partial charge in [0.25, 0.3) is 0 Å². The van der Waals surface area contributed by atoms with E-state index in [-0.39, 0.29) is 16.9 Å². The molecule has 1 saturated heterocycles. The number of anilines is 2.